The molecule has 1 heterocycles. The number of fused-ring (bicyclic) bond motifs is 1. The second kappa shape index (κ2) is 4.04. The molecule has 86 valence electrons. The normalized spacial score (nSPS) is 41.8. The SMILES string of the molecule is NCCN1CCN(C2CCC3CC32)CC1. The Morgan fingerprint density at radius 2 is 1.87 bits per heavy atom. The van der Waals surface area contributed by atoms with E-state index in [9.17, 15) is 0 Å². The third-order valence-corrected chi connectivity index (χ3v) is 4.63. The fourth-order valence-corrected chi connectivity index (χ4v) is 3.63. The first kappa shape index (κ1) is 10.1. The number of hydrogen-bond donors (Lipinski definition) is 1. The molecule has 0 amide bonds. The van der Waals surface area contributed by atoms with Gasteiger partial charge in [0.25, 0.3) is 0 Å². The first-order valence-corrected chi connectivity index (χ1v) is 6.55. The summed E-state index contributed by atoms with van der Waals surface area (Å²) >= 11 is 0. The van der Waals surface area contributed by atoms with Crippen LogP contribution in [0.15, 0.2) is 0 Å². The molecule has 1 saturated heterocycles. The predicted octanol–water partition coefficient (Wildman–Crippen LogP) is 0.361. The zero-order valence-electron chi connectivity index (χ0n) is 9.57. The largest absolute Gasteiger partial charge is 0.329 e. The van der Waals surface area contributed by atoms with Crippen molar-refractivity contribution in [2.45, 2.75) is 25.3 Å². The lowest BCUT2D eigenvalue weighted by Gasteiger charge is -2.38. The maximum atomic E-state index is 5.59. The Bertz CT molecular complexity index is 223. The van der Waals surface area contributed by atoms with Crippen molar-refractivity contribution in [3.05, 3.63) is 0 Å². The molecule has 0 spiro atoms. The summed E-state index contributed by atoms with van der Waals surface area (Å²) in [4.78, 5) is 5.26. The van der Waals surface area contributed by atoms with E-state index in [1.807, 2.05) is 0 Å². The van der Waals surface area contributed by atoms with Crippen molar-refractivity contribution in [2.75, 3.05) is 39.3 Å². The monoisotopic (exact) mass is 209 g/mol. The first-order chi connectivity index (χ1) is 7.38. The van der Waals surface area contributed by atoms with Crippen molar-refractivity contribution in [1.82, 2.24) is 9.80 Å². The Balaban J connectivity index is 1.49. The Morgan fingerprint density at radius 1 is 1.07 bits per heavy atom. The van der Waals surface area contributed by atoms with Gasteiger partial charge < -0.3 is 5.73 Å². The number of nitrogens with two attached hydrogens (primary N) is 1. The van der Waals surface area contributed by atoms with Gasteiger partial charge in [-0.3, -0.25) is 9.80 Å². The smallest absolute Gasteiger partial charge is 0.0127 e. The van der Waals surface area contributed by atoms with Crippen LogP contribution in [-0.4, -0.2) is 55.1 Å². The van der Waals surface area contributed by atoms with Gasteiger partial charge in [0.15, 0.2) is 0 Å². The van der Waals surface area contributed by atoms with Crippen LogP contribution in [0.5, 0.6) is 0 Å². The van der Waals surface area contributed by atoms with Crippen LogP contribution in [0.2, 0.25) is 0 Å². The highest BCUT2D eigenvalue weighted by Gasteiger charge is 2.50. The Hall–Kier alpha value is -0.120. The molecule has 3 nitrogen and oxygen atoms in total. The van der Waals surface area contributed by atoms with Crippen LogP contribution < -0.4 is 5.73 Å². The van der Waals surface area contributed by atoms with Gasteiger partial charge in [-0.15, -0.1) is 0 Å². The molecule has 2 N–H and O–H groups in total. The van der Waals surface area contributed by atoms with Gasteiger partial charge in [0.1, 0.15) is 0 Å². The molecule has 0 radical (unpaired) electrons. The van der Waals surface area contributed by atoms with Crippen molar-refractivity contribution in [1.29, 1.82) is 0 Å². The minimum absolute atomic E-state index is 0.814. The lowest BCUT2D eigenvalue weighted by molar-refractivity contribution is 0.0912. The summed E-state index contributed by atoms with van der Waals surface area (Å²) < 4.78 is 0. The maximum Gasteiger partial charge on any atom is 0.0127 e. The molecule has 3 aliphatic rings. The third kappa shape index (κ3) is 1.93. The van der Waals surface area contributed by atoms with Crippen LogP contribution in [-0.2, 0) is 0 Å². The second-order valence-electron chi connectivity index (χ2n) is 5.47. The molecule has 15 heavy (non-hydrogen) atoms. The summed E-state index contributed by atoms with van der Waals surface area (Å²) in [5, 5.41) is 0. The summed E-state index contributed by atoms with van der Waals surface area (Å²) in [5.74, 6) is 2.21. The zero-order valence-corrected chi connectivity index (χ0v) is 9.57. The van der Waals surface area contributed by atoms with Gasteiger partial charge in [0.2, 0.25) is 0 Å². The average molecular weight is 209 g/mol. The van der Waals surface area contributed by atoms with Gasteiger partial charge in [0, 0.05) is 45.3 Å². The minimum atomic E-state index is 0.814. The molecule has 2 aliphatic carbocycles. The van der Waals surface area contributed by atoms with Crippen LogP contribution >= 0.6 is 0 Å². The molecule has 0 bridgehead atoms. The molecule has 3 atom stereocenters. The van der Waals surface area contributed by atoms with Gasteiger partial charge in [-0.25, -0.2) is 0 Å². The van der Waals surface area contributed by atoms with E-state index in [0.717, 1.165) is 31.0 Å². The van der Waals surface area contributed by atoms with E-state index in [-0.39, 0.29) is 0 Å². The van der Waals surface area contributed by atoms with Gasteiger partial charge in [-0.1, -0.05) is 0 Å². The van der Waals surface area contributed by atoms with Crippen molar-refractivity contribution < 1.29 is 0 Å². The molecule has 3 heteroatoms. The quantitative estimate of drug-likeness (QED) is 0.728. The van der Waals surface area contributed by atoms with Crippen LogP contribution in [0.25, 0.3) is 0 Å². The summed E-state index contributed by atoms with van der Waals surface area (Å²) in [6, 6.07) is 0.954. The molecule has 3 fully saturated rings. The molecule has 1 aliphatic heterocycles. The molecule has 3 rings (SSSR count). The predicted molar refractivity (Wildman–Crippen MR) is 61.7 cm³/mol. The number of rotatable bonds is 3. The standard InChI is InChI=1S/C12H23N3/c13-3-4-14-5-7-15(8-6-14)12-2-1-10-9-11(10)12/h10-12H,1-9,13H2. The first-order valence-electron chi connectivity index (χ1n) is 6.55. The molecular weight excluding hydrogens is 186 g/mol. The highest BCUT2D eigenvalue weighted by Crippen LogP contribution is 2.53. The second-order valence-corrected chi connectivity index (χ2v) is 5.47. The fraction of sp³-hybridized carbons (Fsp3) is 1.00. The summed E-state index contributed by atoms with van der Waals surface area (Å²) in [7, 11) is 0. The third-order valence-electron chi connectivity index (χ3n) is 4.63. The highest BCUT2D eigenvalue weighted by molar-refractivity contribution is 5.02. The van der Waals surface area contributed by atoms with E-state index in [2.05, 4.69) is 9.80 Å². The van der Waals surface area contributed by atoms with Crippen LogP contribution in [0.4, 0.5) is 0 Å². The summed E-state index contributed by atoms with van der Waals surface area (Å²) in [6.45, 7) is 6.95. The fourth-order valence-electron chi connectivity index (χ4n) is 3.63. The van der Waals surface area contributed by atoms with Gasteiger partial charge in [0.05, 0.1) is 0 Å². The zero-order chi connectivity index (χ0) is 10.3. The molecular formula is C12H23N3. The number of nitrogens with zero attached hydrogens (tertiary/aromatic N) is 2. The molecule has 0 aromatic carbocycles. The van der Waals surface area contributed by atoms with Gasteiger partial charge in [-0.05, 0) is 31.1 Å². The van der Waals surface area contributed by atoms with Gasteiger partial charge >= 0.3 is 0 Å². The molecule has 2 saturated carbocycles. The van der Waals surface area contributed by atoms with E-state index in [4.69, 9.17) is 5.73 Å². The van der Waals surface area contributed by atoms with E-state index < -0.39 is 0 Å². The van der Waals surface area contributed by atoms with Crippen molar-refractivity contribution in [3.8, 4) is 0 Å². The van der Waals surface area contributed by atoms with Crippen LogP contribution in [0.1, 0.15) is 19.3 Å². The van der Waals surface area contributed by atoms with E-state index in [0.29, 0.717) is 0 Å². The van der Waals surface area contributed by atoms with Crippen molar-refractivity contribution in [3.63, 3.8) is 0 Å². The van der Waals surface area contributed by atoms with E-state index >= 15 is 0 Å². The minimum Gasteiger partial charge on any atom is -0.329 e. The van der Waals surface area contributed by atoms with Crippen molar-refractivity contribution >= 4 is 0 Å². The Morgan fingerprint density at radius 3 is 2.40 bits per heavy atom. The van der Waals surface area contributed by atoms with Crippen molar-refractivity contribution in [2.24, 2.45) is 17.6 Å². The van der Waals surface area contributed by atoms with E-state index in [1.54, 1.807) is 0 Å². The summed E-state index contributed by atoms with van der Waals surface area (Å²) in [5.41, 5.74) is 5.59. The summed E-state index contributed by atoms with van der Waals surface area (Å²) in [6.07, 6.45) is 4.53. The van der Waals surface area contributed by atoms with E-state index in [1.165, 1.54) is 45.4 Å². The molecule has 3 unspecified atom stereocenters. The highest BCUT2D eigenvalue weighted by atomic mass is 15.3. The van der Waals surface area contributed by atoms with Crippen LogP contribution in [0.3, 0.4) is 0 Å². The van der Waals surface area contributed by atoms with Gasteiger partial charge in [-0.2, -0.15) is 0 Å². The Kier molecular flexibility index (Phi) is 2.71. The average Bonchev–Trinajstić information content (AvgIpc) is 2.93. The number of hydrogen-bond acceptors (Lipinski definition) is 3. The maximum absolute atomic E-state index is 5.59. The lowest BCUT2D eigenvalue weighted by atomic mass is 10.1. The lowest BCUT2D eigenvalue weighted by Crippen LogP contribution is -2.51. The van der Waals surface area contributed by atoms with Crippen LogP contribution in [0, 0.1) is 11.8 Å². The molecule has 0 aromatic heterocycles. The molecule has 0 aromatic rings. The Labute approximate surface area is 92.6 Å². The number of piperazine rings is 1. The topological polar surface area (TPSA) is 32.5 Å².